The molecule has 0 bridgehead atoms. The number of hydrogen-bond donors (Lipinski definition) is 2. The van der Waals surface area contributed by atoms with E-state index in [0.29, 0.717) is 18.9 Å². The molecule has 4 amide bonds. The van der Waals surface area contributed by atoms with E-state index in [4.69, 9.17) is 0 Å². The molecule has 0 atom stereocenters. The predicted octanol–water partition coefficient (Wildman–Crippen LogP) is 1.09. The molecule has 0 aliphatic carbocycles. The first-order valence-electron chi connectivity index (χ1n) is 7.25. The van der Waals surface area contributed by atoms with E-state index in [2.05, 4.69) is 20.3 Å². The summed E-state index contributed by atoms with van der Waals surface area (Å²) in [6.07, 6.45) is 4.01. The number of likely N-dealkylation sites (tertiary alicyclic amines) is 1. The molecule has 1 aromatic rings. The highest BCUT2D eigenvalue weighted by Gasteiger charge is 2.30. The standard InChI is InChI=1S/C13H19N5O3/c19-12-14-5-1-6-18(12)10-2-7-17(8-3-10)13(20)15-11-4-9-21-16-11/h4,9-10H,1-3,5-8H2,(H,14,19)(H,15,16,20). The average Bonchev–Trinajstić information content (AvgIpc) is 3.01. The predicted molar refractivity (Wildman–Crippen MR) is 74.8 cm³/mol. The molecule has 3 rings (SSSR count). The first-order chi connectivity index (χ1) is 10.2. The lowest BCUT2D eigenvalue weighted by atomic mass is 10.0. The van der Waals surface area contributed by atoms with Gasteiger partial charge in [0.15, 0.2) is 5.82 Å². The van der Waals surface area contributed by atoms with Gasteiger partial charge in [0.05, 0.1) is 0 Å². The van der Waals surface area contributed by atoms with Gasteiger partial charge in [0.25, 0.3) is 0 Å². The van der Waals surface area contributed by atoms with Crippen molar-refractivity contribution >= 4 is 17.9 Å². The molecule has 0 aromatic carbocycles. The summed E-state index contributed by atoms with van der Waals surface area (Å²) in [6.45, 7) is 2.84. The second kappa shape index (κ2) is 6.02. The smallest absolute Gasteiger partial charge is 0.323 e. The molecule has 2 saturated heterocycles. The molecule has 2 aliphatic rings. The van der Waals surface area contributed by atoms with Gasteiger partial charge in [0.1, 0.15) is 6.26 Å². The van der Waals surface area contributed by atoms with Gasteiger partial charge in [-0.15, -0.1) is 0 Å². The average molecular weight is 293 g/mol. The number of hydrogen-bond acceptors (Lipinski definition) is 4. The van der Waals surface area contributed by atoms with Crippen LogP contribution in [-0.4, -0.2) is 59.2 Å². The third-order valence-electron chi connectivity index (χ3n) is 3.98. The topological polar surface area (TPSA) is 90.7 Å². The third kappa shape index (κ3) is 3.09. The van der Waals surface area contributed by atoms with Gasteiger partial charge >= 0.3 is 12.1 Å². The molecule has 114 valence electrons. The van der Waals surface area contributed by atoms with Gasteiger partial charge in [0.2, 0.25) is 0 Å². The van der Waals surface area contributed by atoms with Crippen molar-refractivity contribution in [3.8, 4) is 0 Å². The Morgan fingerprint density at radius 3 is 2.86 bits per heavy atom. The molecule has 0 unspecified atom stereocenters. The molecular formula is C13H19N5O3. The number of carbonyl (C=O) groups excluding carboxylic acids is 2. The number of urea groups is 2. The van der Waals surface area contributed by atoms with Gasteiger partial charge in [-0.2, -0.15) is 0 Å². The summed E-state index contributed by atoms with van der Waals surface area (Å²) in [5.74, 6) is 0.414. The quantitative estimate of drug-likeness (QED) is 0.854. The van der Waals surface area contributed by atoms with E-state index in [0.717, 1.165) is 32.4 Å². The first-order valence-corrected chi connectivity index (χ1v) is 7.25. The molecule has 2 fully saturated rings. The first kappa shape index (κ1) is 13.7. The Labute approximate surface area is 122 Å². The summed E-state index contributed by atoms with van der Waals surface area (Å²) in [6, 6.07) is 1.67. The zero-order chi connectivity index (χ0) is 14.7. The fourth-order valence-electron chi connectivity index (χ4n) is 2.84. The summed E-state index contributed by atoms with van der Waals surface area (Å²) in [4.78, 5) is 27.5. The van der Waals surface area contributed by atoms with Crippen LogP contribution in [0.4, 0.5) is 15.4 Å². The van der Waals surface area contributed by atoms with Gasteiger partial charge in [-0.25, -0.2) is 9.59 Å². The second-order valence-corrected chi connectivity index (χ2v) is 5.31. The lowest BCUT2D eigenvalue weighted by molar-refractivity contribution is 0.122. The van der Waals surface area contributed by atoms with Gasteiger partial charge in [-0.1, -0.05) is 5.16 Å². The number of nitrogens with one attached hydrogen (secondary N) is 2. The summed E-state index contributed by atoms with van der Waals surface area (Å²) >= 11 is 0. The van der Waals surface area contributed by atoms with E-state index in [-0.39, 0.29) is 18.1 Å². The second-order valence-electron chi connectivity index (χ2n) is 5.31. The summed E-state index contributed by atoms with van der Waals surface area (Å²) in [7, 11) is 0. The van der Waals surface area contributed by atoms with Crippen LogP contribution in [0.1, 0.15) is 19.3 Å². The van der Waals surface area contributed by atoms with Gasteiger partial charge < -0.3 is 19.6 Å². The van der Waals surface area contributed by atoms with Crippen LogP contribution in [0.5, 0.6) is 0 Å². The van der Waals surface area contributed by atoms with Crippen LogP contribution < -0.4 is 10.6 Å². The number of piperidine rings is 1. The zero-order valence-electron chi connectivity index (χ0n) is 11.7. The number of aromatic nitrogens is 1. The number of amides is 4. The Morgan fingerprint density at radius 1 is 1.38 bits per heavy atom. The maximum atomic E-state index is 12.1. The van der Waals surface area contributed by atoms with E-state index in [9.17, 15) is 9.59 Å². The van der Waals surface area contributed by atoms with E-state index in [1.165, 1.54) is 6.26 Å². The Kier molecular flexibility index (Phi) is 3.94. The van der Waals surface area contributed by atoms with Crippen molar-refractivity contribution in [3.63, 3.8) is 0 Å². The van der Waals surface area contributed by atoms with Crippen molar-refractivity contribution in [3.05, 3.63) is 12.3 Å². The van der Waals surface area contributed by atoms with Gasteiger partial charge in [-0.05, 0) is 19.3 Å². The Balaban J connectivity index is 1.50. The normalized spacial score (nSPS) is 20.3. The molecular weight excluding hydrogens is 274 g/mol. The zero-order valence-corrected chi connectivity index (χ0v) is 11.7. The van der Waals surface area contributed by atoms with E-state index >= 15 is 0 Å². The Morgan fingerprint density at radius 2 is 2.19 bits per heavy atom. The molecule has 2 aliphatic heterocycles. The number of nitrogens with zero attached hydrogens (tertiary/aromatic N) is 3. The van der Waals surface area contributed by atoms with E-state index in [1.807, 2.05) is 4.90 Å². The van der Waals surface area contributed by atoms with Gasteiger partial charge in [-0.3, -0.25) is 5.32 Å². The van der Waals surface area contributed by atoms with Crippen molar-refractivity contribution in [2.45, 2.75) is 25.3 Å². The molecule has 0 spiro atoms. The maximum absolute atomic E-state index is 12.1. The molecule has 0 radical (unpaired) electrons. The van der Waals surface area contributed by atoms with E-state index < -0.39 is 0 Å². The lowest BCUT2D eigenvalue weighted by Crippen LogP contribution is -2.55. The Bertz CT molecular complexity index is 496. The van der Waals surface area contributed by atoms with Crippen LogP contribution in [0.2, 0.25) is 0 Å². The molecule has 0 saturated carbocycles. The molecule has 8 heteroatoms. The SMILES string of the molecule is O=C(Nc1ccon1)N1CCC(N2CCCNC2=O)CC1. The van der Waals surface area contributed by atoms with Crippen LogP contribution in [0.25, 0.3) is 0 Å². The van der Waals surface area contributed by atoms with Crippen LogP contribution in [0.15, 0.2) is 16.9 Å². The molecule has 3 heterocycles. The highest BCUT2D eigenvalue weighted by atomic mass is 16.5. The van der Waals surface area contributed by atoms with E-state index in [1.54, 1.807) is 11.0 Å². The highest BCUT2D eigenvalue weighted by molar-refractivity contribution is 5.88. The summed E-state index contributed by atoms with van der Waals surface area (Å²) < 4.78 is 4.68. The van der Waals surface area contributed by atoms with Crippen molar-refractivity contribution in [2.75, 3.05) is 31.5 Å². The van der Waals surface area contributed by atoms with Crippen LogP contribution >= 0.6 is 0 Å². The van der Waals surface area contributed by atoms with Crippen LogP contribution in [0, 0.1) is 0 Å². The minimum atomic E-state index is -0.176. The van der Waals surface area contributed by atoms with Gasteiger partial charge in [0, 0.05) is 38.3 Å². The van der Waals surface area contributed by atoms with Crippen molar-refractivity contribution in [2.24, 2.45) is 0 Å². The molecule has 1 aromatic heterocycles. The Hall–Kier alpha value is -2.25. The third-order valence-corrected chi connectivity index (χ3v) is 3.98. The van der Waals surface area contributed by atoms with Crippen molar-refractivity contribution < 1.29 is 14.1 Å². The fourth-order valence-corrected chi connectivity index (χ4v) is 2.84. The number of rotatable bonds is 2. The largest absolute Gasteiger partial charge is 0.363 e. The van der Waals surface area contributed by atoms with Crippen molar-refractivity contribution in [1.82, 2.24) is 20.3 Å². The molecule has 2 N–H and O–H groups in total. The minimum Gasteiger partial charge on any atom is -0.363 e. The van der Waals surface area contributed by atoms with Crippen LogP contribution in [-0.2, 0) is 0 Å². The highest BCUT2D eigenvalue weighted by Crippen LogP contribution is 2.19. The lowest BCUT2D eigenvalue weighted by Gasteiger charge is -2.40. The minimum absolute atomic E-state index is 0.0201. The monoisotopic (exact) mass is 293 g/mol. The number of anilines is 1. The maximum Gasteiger partial charge on any atom is 0.323 e. The van der Waals surface area contributed by atoms with Crippen molar-refractivity contribution in [1.29, 1.82) is 0 Å². The summed E-state index contributed by atoms with van der Waals surface area (Å²) in [5.41, 5.74) is 0. The molecule has 8 nitrogen and oxygen atoms in total. The van der Waals surface area contributed by atoms with Crippen LogP contribution in [0.3, 0.4) is 0 Å². The number of carbonyl (C=O) groups is 2. The summed E-state index contributed by atoms with van der Waals surface area (Å²) in [5, 5.41) is 9.21. The fraction of sp³-hybridized carbons (Fsp3) is 0.615. The molecule has 21 heavy (non-hydrogen) atoms.